The lowest BCUT2D eigenvalue weighted by atomic mass is 9.86. The van der Waals surface area contributed by atoms with Crippen LogP contribution in [0, 0.1) is 6.92 Å². The summed E-state index contributed by atoms with van der Waals surface area (Å²) in [7, 11) is 0. The van der Waals surface area contributed by atoms with Crippen molar-refractivity contribution >= 4 is 0 Å². The molecule has 0 unspecified atom stereocenters. The Labute approximate surface area is 231 Å². The molecule has 0 aliphatic heterocycles. The van der Waals surface area contributed by atoms with Gasteiger partial charge < -0.3 is 0 Å². The molecule has 0 aliphatic carbocycles. The van der Waals surface area contributed by atoms with Crippen LogP contribution in [0.4, 0.5) is 0 Å². The van der Waals surface area contributed by atoms with E-state index in [1.807, 2.05) is 6.92 Å². The second-order valence-corrected chi connectivity index (χ2v) is 11.4. The normalized spacial score (nSPS) is 12.1. The van der Waals surface area contributed by atoms with Crippen LogP contribution in [-0.2, 0) is 10.8 Å². The van der Waals surface area contributed by atoms with Crippen molar-refractivity contribution in [2.45, 2.75) is 97.8 Å². The Bertz CT molecular complexity index is 1280. The molecule has 0 N–H and O–H groups in total. The third-order valence-corrected chi connectivity index (χ3v) is 7.02. The topological polar surface area (TPSA) is 116 Å². The quantitative estimate of drug-likeness (QED) is 0.217. The van der Waals surface area contributed by atoms with E-state index in [2.05, 4.69) is 51.5 Å². The minimum Gasteiger partial charge on any atom is -0.241 e. The van der Waals surface area contributed by atoms with Gasteiger partial charge in [0.2, 0.25) is 0 Å². The maximum absolute atomic E-state index is 4.78. The summed E-state index contributed by atoms with van der Waals surface area (Å²) in [4.78, 5) is 41.7. The van der Waals surface area contributed by atoms with Crippen LogP contribution in [0.5, 0.6) is 0 Å². The van der Waals surface area contributed by atoms with Gasteiger partial charge in [0.15, 0.2) is 17.5 Å². The summed E-state index contributed by atoms with van der Waals surface area (Å²) < 4.78 is 0. The van der Waals surface area contributed by atoms with E-state index in [-0.39, 0.29) is 10.8 Å². The molecule has 0 saturated carbocycles. The fourth-order valence-electron chi connectivity index (χ4n) is 4.32. The van der Waals surface area contributed by atoms with Crippen LogP contribution >= 0.6 is 0 Å². The first-order chi connectivity index (χ1) is 18.6. The Hall–Kier alpha value is -3.75. The first kappa shape index (κ1) is 28.3. The Morgan fingerprint density at radius 2 is 0.821 bits per heavy atom. The fraction of sp³-hybridized carbons (Fsp3) is 0.500. The van der Waals surface area contributed by atoms with Gasteiger partial charge in [0.25, 0.3) is 0 Å². The molecule has 0 radical (unpaired) electrons. The number of unbranched alkanes of at least 4 members (excludes halogenated alkanes) is 2. The summed E-state index contributed by atoms with van der Waals surface area (Å²) in [6, 6.07) is 0. The zero-order valence-corrected chi connectivity index (χ0v) is 24.2. The van der Waals surface area contributed by atoms with Crippen molar-refractivity contribution < 1.29 is 0 Å². The largest absolute Gasteiger partial charge is 0.241 e. The van der Waals surface area contributed by atoms with E-state index in [4.69, 9.17) is 34.9 Å². The van der Waals surface area contributed by atoms with Crippen LogP contribution in [0.2, 0.25) is 0 Å². The monoisotopic (exact) mass is 525 g/mol. The molecule has 4 aromatic rings. The van der Waals surface area contributed by atoms with E-state index < -0.39 is 0 Å². The van der Waals surface area contributed by atoms with Gasteiger partial charge in [-0.25, -0.2) is 44.9 Å². The molecule has 9 heteroatoms. The van der Waals surface area contributed by atoms with Crippen LogP contribution in [0.25, 0.3) is 34.2 Å². The van der Waals surface area contributed by atoms with E-state index in [0.29, 0.717) is 40.0 Å². The predicted octanol–water partition coefficient (Wildman–Crippen LogP) is 6.49. The smallest absolute Gasteiger partial charge is 0.167 e. The highest BCUT2D eigenvalue weighted by molar-refractivity contribution is 5.64. The van der Waals surface area contributed by atoms with Gasteiger partial charge in [-0.15, -0.1) is 0 Å². The van der Waals surface area contributed by atoms with Crippen molar-refractivity contribution in [1.29, 1.82) is 0 Å². The molecule has 0 aliphatic rings. The third-order valence-electron chi connectivity index (χ3n) is 7.02. The van der Waals surface area contributed by atoms with Crippen LogP contribution in [0.1, 0.15) is 97.5 Å². The van der Waals surface area contributed by atoms with Crippen molar-refractivity contribution in [2.24, 2.45) is 0 Å². The van der Waals surface area contributed by atoms with Crippen molar-refractivity contribution in [3.05, 3.63) is 54.7 Å². The highest BCUT2D eigenvalue weighted by Gasteiger charge is 2.25. The van der Waals surface area contributed by atoms with Crippen LogP contribution in [0.15, 0.2) is 37.2 Å². The molecule has 204 valence electrons. The average Bonchev–Trinajstić information content (AvgIpc) is 2.95. The van der Waals surface area contributed by atoms with Crippen molar-refractivity contribution in [2.75, 3.05) is 0 Å². The number of hydrogen-bond donors (Lipinski definition) is 0. The average molecular weight is 526 g/mol. The first-order valence-electron chi connectivity index (χ1n) is 13.8. The molecule has 4 heterocycles. The van der Waals surface area contributed by atoms with E-state index in [9.17, 15) is 0 Å². The van der Waals surface area contributed by atoms with E-state index >= 15 is 0 Å². The Balaban J connectivity index is 1.73. The van der Waals surface area contributed by atoms with Crippen molar-refractivity contribution in [3.8, 4) is 34.2 Å². The molecular formula is C30H39N9. The highest BCUT2D eigenvalue weighted by Crippen LogP contribution is 2.29. The zero-order chi connectivity index (χ0) is 28.0. The van der Waals surface area contributed by atoms with Crippen molar-refractivity contribution in [1.82, 2.24) is 44.9 Å². The molecule has 0 aromatic carbocycles. The minimum absolute atomic E-state index is 0.104. The number of hydrogen-bond acceptors (Lipinski definition) is 9. The molecule has 4 rings (SSSR count). The highest BCUT2D eigenvalue weighted by atomic mass is 15.1. The lowest BCUT2D eigenvalue weighted by Crippen LogP contribution is -2.20. The number of aromatic nitrogens is 9. The lowest BCUT2D eigenvalue weighted by Gasteiger charge is -2.22. The van der Waals surface area contributed by atoms with Gasteiger partial charge in [0, 0.05) is 48.0 Å². The standard InChI is InChI=1S/C30H39N9/c1-8-10-12-29(4,5)27-33-16-22(17-34-27)25-37-24(21-14-31-20(3)32-15-21)38-26(39-25)23-18-35-28(36-19-23)30(6,7)13-11-9-2/h14-19H,8-13H2,1-7H3. The minimum atomic E-state index is -0.104. The van der Waals surface area contributed by atoms with Crippen molar-refractivity contribution in [3.63, 3.8) is 0 Å². The fourth-order valence-corrected chi connectivity index (χ4v) is 4.32. The first-order valence-corrected chi connectivity index (χ1v) is 13.8. The molecule has 0 bridgehead atoms. The van der Waals surface area contributed by atoms with Gasteiger partial charge in [-0.05, 0) is 19.8 Å². The maximum Gasteiger partial charge on any atom is 0.167 e. The summed E-state index contributed by atoms with van der Waals surface area (Å²) >= 11 is 0. The Kier molecular flexibility index (Phi) is 8.67. The summed E-state index contributed by atoms with van der Waals surface area (Å²) in [6.07, 6.45) is 17.2. The maximum atomic E-state index is 4.78. The summed E-state index contributed by atoms with van der Waals surface area (Å²) in [6.45, 7) is 15.0. The number of nitrogens with zero attached hydrogens (tertiary/aromatic N) is 9. The molecule has 9 nitrogen and oxygen atoms in total. The third kappa shape index (κ3) is 6.82. The molecule has 0 saturated heterocycles. The number of rotatable bonds is 11. The molecule has 39 heavy (non-hydrogen) atoms. The van der Waals surface area contributed by atoms with Gasteiger partial charge in [0.05, 0.1) is 16.7 Å². The molecule has 0 amide bonds. The lowest BCUT2D eigenvalue weighted by molar-refractivity contribution is 0.432. The second kappa shape index (κ2) is 12.0. The number of aryl methyl sites for hydroxylation is 1. The van der Waals surface area contributed by atoms with E-state index in [1.54, 1.807) is 37.2 Å². The Morgan fingerprint density at radius 3 is 1.13 bits per heavy atom. The van der Waals surface area contributed by atoms with E-state index in [0.717, 1.165) is 50.2 Å². The molecular weight excluding hydrogens is 486 g/mol. The van der Waals surface area contributed by atoms with Crippen LogP contribution < -0.4 is 0 Å². The summed E-state index contributed by atoms with van der Waals surface area (Å²) in [5.74, 6) is 3.72. The van der Waals surface area contributed by atoms with E-state index in [1.165, 1.54) is 0 Å². The molecule has 4 aromatic heterocycles. The van der Waals surface area contributed by atoms with Gasteiger partial charge in [0.1, 0.15) is 17.5 Å². The molecule has 0 atom stereocenters. The van der Waals surface area contributed by atoms with Gasteiger partial charge in [-0.3, -0.25) is 0 Å². The van der Waals surface area contributed by atoms with Gasteiger partial charge >= 0.3 is 0 Å². The molecule has 0 fully saturated rings. The van der Waals surface area contributed by atoms with Crippen LogP contribution in [0.3, 0.4) is 0 Å². The summed E-state index contributed by atoms with van der Waals surface area (Å²) in [5, 5.41) is 0. The summed E-state index contributed by atoms with van der Waals surface area (Å²) in [5.41, 5.74) is 1.91. The predicted molar refractivity (Wildman–Crippen MR) is 153 cm³/mol. The Morgan fingerprint density at radius 1 is 0.513 bits per heavy atom. The van der Waals surface area contributed by atoms with Gasteiger partial charge in [-0.1, -0.05) is 67.2 Å². The van der Waals surface area contributed by atoms with Crippen LogP contribution in [-0.4, -0.2) is 44.9 Å². The second-order valence-electron chi connectivity index (χ2n) is 11.4. The van der Waals surface area contributed by atoms with Gasteiger partial charge in [-0.2, -0.15) is 0 Å². The zero-order valence-electron chi connectivity index (χ0n) is 24.2. The molecule has 0 spiro atoms. The SMILES string of the molecule is CCCCC(C)(C)c1ncc(-c2nc(-c3cnc(C)nc3)nc(-c3cnc(C(C)(C)CCCC)nc3)n2)cn1.